The van der Waals surface area contributed by atoms with E-state index in [1.807, 2.05) is 0 Å². The van der Waals surface area contributed by atoms with Crippen molar-refractivity contribution in [3.63, 3.8) is 0 Å². The standard InChI is InChI=1S/C15H16ClN3O2/c1-10(20)8-17-14-7-6-11(9-18-14)19-15(21)12-4-2-3-5-13(12)16/h2-7,9-10,20H,8H2,1H3,(H,17,18)(H,19,21). The SMILES string of the molecule is CC(O)CNc1ccc(NC(=O)c2ccccc2Cl)cn1. The van der Waals surface area contributed by atoms with Gasteiger partial charge in [-0.2, -0.15) is 0 Å². The van der Waals surface area contributed by atoms with Gasteiger partial charge in [0.25, 0.3) is 5.91 Å². The van der Waals surface area contributed by atoms with Crippen LogP contribution in [-0.4, -0.2) is 28.6 Å². The maximum absolute atomic E-state index is 12.1. The number of hydrogen-bond donors (Lipinski definition) is 3. The first-order valence-corrected chi connectivity index (χ1v) is 6.88. The molecule has 110 valence electrons. The summed E-state index contributed by atoms with van der Waals surface area (Å²) < 4.78 is 0. The van der Waals surface area contributed by atoms with Crippen LogP contribution in [0.1, 0.15) is 17.3 Å². The molecular formula is C15H16ClN3O2. The van der Waals surface area contributed by atoms with Gasteiger partial charge >= 0.3 is 0 Å². The van der Waals surface area contributed by atoms with Crippen LogP contribution in [0.2, 0.25) is 5.02 Å². The summed E-state index contributed by atoms with van der Waals surface area (Å²) in [6.07, 6.45) is 1.09. The number of anilines is 2. The number of nitrogens with zero attached hydrogens (tertiary/aromatic N) is 1. The number of aliphatic hydroxyl groups is 1. The zero-order valence-corrected chi connectivity index (χ0v) is 12.3. The largest absolute Gasteiger partial charge is 0.392 e. The maximum atomic E-state index is 12.1. The molecule has 1 unspecified atom stereocenters. The zero-order chi connectivity index (χ0) is 15.2. The number of hydrogen-bond acceptors (Lipinski definition) is 4. The highest BCUT2D eigenvalue weighted by Crippen LogP contribution is 2.17. The van der Waals surface area contributed by atoms with Crippen LogP contribution >= 0.6 is 11.6 Å². The lowest BCUT2D eigenvalue weighted by Gasteiger charge is -2.09. The molecule has 0 aliphatic carbocycles. The van der Waals surface area contributed by atoms with Crippen molar-refractivity contribution in [1.29, 1.82) is 0 Å². The molecule has 2 rings (SSSR count). The highest BCUT2D eigenvalue weighted by atomic mass is 35.5. The van der Waals surface area contributed by atoms with Gasteiger partial charge in [0.2, 0.25) is 0 Å². The van der Waals surface area contributed by atoms with Crippen LogP contribution in [-0.2, 0) is 0 Å². The number of halogens is 1. The molecule has 1 heterocycles. The molecule has 1 aromatic heterocycles. The Morgan fingerprint density at radius 3 is 2.71 bits per heavy atom. The fourth-order valence-electron chi connectivity index (χ4n) is 1.67. The number of nitrogens with one attached hydrogen (secondary N) is 2. The van der Waals surface area contributed by atoms with Gasteiger partial charge in [-0.3, -0.25) is 4.79 Å². The van der Waals surface area contributed by atoms with Gasteiger partial charge < -0.3 is 15.7 Å². The van der Waals surface area contributed by atoms with Gasteiger partial charge in [-0.15, -0.1) is 0 Å². The molecule has 1 amide bonds. The molecule has 0 saturated carbocycles. The van der Waals surface area contributed by atoms with Crippen LogP contribution in [0.4, 0.5) is 11.5 Å². The van der Waals surface area contributed by atoms with Gasteiger partial charge in [0.1, 0.15) is 5.82 Å². The molecule has 0 spiro atoms. The molecule has 1 atom stereocenters. The van der Waals surface area contributed by atoms with E-state index in [4.69, 9.17) is 11.6 Å². The van der Waals surface area contributed by atoms with Crippen LogP contribution in [0.5, 0.6) is 0 Å². The summed E-state index contributed by atoms with van der Waals surface area (Å²) >= 11 is 5.97. The van der Waals surface area contributed by atoms with E-state index >= 15 is 0 Å². The second kappa shape index (κ2) is 7.06. The third-order valence-corrected chi connectivity index (χ3v) is 3.05. The molecule has 2 aromatic rings. The monoisotopic (exact) mass is 305 g/mol. The summed E-state index contributed by atoms with van der Waals surface area (Å²) in [6, 6.07) is 10.3. The highest BCUT2D eigenvalue weighted by molar-refractivity contribution is 6.34. The predicted molar refractivity (Wildman–Crippen MR) is 83.8 cm³/mol. The predicted octanol–water partition coefficient (Wildman–Crippen LogP) is 2.78. The lowest BCUT2D eigenvalue weighted by molar-refractivity contribution is 0.102. The van der Waals surface area contributed by atoms with E-state index in [0.717, 1.165) is 0 Å². The van der Waals surface area contributed by atoms with Crippen molar-refractivity contribution in [3.05, 3.63) is 53.2 Å². The van der Waals surface area contributed by atoms with E-state index in [9.17, 15) is 9.90 Å². The molecule has 3 N–H and O–H groups in total. The van der Waals surface area contributed by atoms with E-state index < -0.39 is 6.10 Å². The zero-order valence-electron chi connectivity index (χ0n) is 11.5. The Morgan fingerprint density at radius 1 is 1.33 bits per heavy atom. The minimum atomic E-state index is -0.452. The lowest BCUT2D eigenvalue weighted by Crippen LogP contribution is -2.16. The number of amides is 1. The Labute approximate surface area is 128 Å². The number of aromatic nitrogens is 1. The van der Waals surface area contributed by atoms with Gasteiger partial charge in [0, 0.05) is 6.54 Å². The number of aliphatic hydroxyl groups excluding tert-OH is 1. The third kappa shape index (κ3) is 4.44. The first-order valence-electron chi connectivity index (χ1n) is 6.50. The second-order valence-corrected chi connectivity index (χ2v) is 5.00. The molecule has 0 aliphatic rings. The Balaban J connectivity index is 2.00. The average Bonchev–Trinajstić information content (AvgIpc) is 2.47. The number of carbonyl (C=O) groups is 1. The van der Waals surface area contributed by atoms with Crippen LogP contribution in [0.25, 0.3) is 0 Å². The molecule has 0 saturated heterocycles. The van der Waals surface area contributed by atoms with Crippen molar-refractivity contribution in [1.82, 2.24) is 4.98 Å². The topological polar surface area (TPSA) is 74.2 Å². The smallest absolute Gasteiger partial charge is 0.257 e. The Morgan fingerprint density at radius 2 is 2.10 bits per heavy atom. The van der Waals surface area contributed by atoms with Crippen LogP contribution in [0, 0.1) is 0 Å². The van der Waals surface area contributed by atoms with Gasteiger partial charge in [-0.25, -0.2) is 4.98 Å². The van der Waals surface area contributed by atoms with Crippen molar-refractivity contribution >= 4 is 29.0 Å². The number of benzene rings is 1. The van der Waals surface area contributed by atoms with Gasteiger partial charge in [0.05, 0.1) is 28.6 Å². The lowest BCUT2D eigenvalue weighted by atomic mass is 10.2. The first-order chi connectivity index (χ1) is 10.1. The summed E-state index contributed by atoms with van der Waals surface area (Å²) in [5.74, 6) is 0.346. The number of pyridine rings is 1. The summed E-state index contributed by atoms with van der Waals surface area (Å²) in [5.41, 5.74) is 0.984. The summed E-state index contributed by atoms with van der Waals surface area (Å²) in [7, 11) is 0. The second-order valence-electron chi connectivity index (χ2n) is 4.60. The van der Waals surface area contributed by atoms with Crippen molar-refractivity contribution in [2.24, 2.45) is 0 Å². The number of rotatable bonds is 5. The van der Waals surface area contributed by atoms with Crippen LogP contribution in [0.3, 0.4) is 0 Å². The van der Waals surface area contributed by atoms with Gasteiger partial charge in [-0.1, -0.05) is 23.7 Å². The summed E-state index contributed by atoms with van der Waals surface area (Å²) in [6.45, 7) is 2.10. The summed E-state index contributed by atoms with van der Waals surface area (Å²) in [5, 5.41) is 15.3. The van der Waals surface area contributed by atoms with E-state index in [-0.39, 0.29) is 5.91 Å². The van der Waals surface area contributed by atoms with Crippen LogP contribution < -0.4 is 10.6 Å². The van der Waals surface area contributed by atoms with E-state index in [0.29, 0.717) is 28.6 Å². The van der Waals surface area contributed by atoms with Crippen molar-refractivity contribution in [3.8, 4) is 0 Å². The molecule has 1 aromatic carbocycles. The molecule has 5 nitrogen and oxygen atoms in total. The van der Waals surface area contributed by atoms with Gasteiger partial charge in [-0.05, 0) is 31.2 Å². The normalized spacial score (nSPS) is 11.8. The minimum absolute atomic E-state index is 0.285. The van der Waals surface area contributed by atoms with E-state index in [2.05, 4.69) is 15.6 Å². The minimum Gasteiger partial charge on any atom is -0.392 e. The van der Waals surface area contributed by atoms with Crippen molar-refractivity contribution in [2.75, 3.05) is 17.2 Å². The molecular weight excluding hydrogens is 290 g/mol. The molecule has 0 aliphatic heterocycles. The van der Waals surface area contributed by atoms with E-state index in [1.165, 1.54) is 0 Å². The first kappa shape index (κ1) is 15.3. The molecule has 21 heavy (non-hydrogen) atoms. The van der Waals surface area contributed by atoms with Crippen molar-refractivity contribution in [2.45, 2.75) is 13.0 Å². The van der Waals surface area contributed by atoms with Gasteiger partial charge in [0.15, 0.2) is 0 Å². The fraction of sp³-hybridized carbons (Fsp3) is 0.200. The van der Waals surface area contributed by atoms with Crippen molar-refractivity contribution < 1.29 is 9.90 Å². The molecule has 0 bridgehead atoms. The summed E-state index contributed by atoms with van der Waals surface area (Å²) in [4.78, 5) is 16.2. The molecule has 6 heteroatoms. The average molecular weight is 306 g/mol. The van der Waals surface area contributed by atoms with Crippen LogP contribution in [0.15, 0.2) is 42.6 Å². The Kier molecular flexibility index (Phi) is 5.14. The fourth-order valence-corrected chi connectivity index (χ4v) is 1.89. The Hall–Kier alpha value is -2.11. The van der Waals surface area contributed by atoms with E-state index in [1.54, 1.807) is 49.5 Å². The quantitative estimate of drug-likeness (QED) is 0.794. The highest BCUT2D eigenvalue weighted by Gasteiger charge is 2.09. The third-order valence-electron chi connectivity index (χ3n) is 2.72. The molecule has 0 fully saturated rings. The number of carbonyl (C=O) groups excluding carboxylic acids is 1. The maximum Gasteiger partial charge on any atom is 0.257 e. The Bertz CT molecular complexity index is 615. The molecule has 0 radical (unpaired) electrons.